The summed E-state index contributed by atoms with van der Waals surface area (Å²) in [4.78, 5) is 28.8. The van der Waals surface area contributed by atoms with Crippen molar-refractivity contribution in [3.63, 3.8) is 0 Å². The molecule has 3 aromatic carbocycles. The third-order valence-electron chi connectivity index (χ3n) is 6.20. The molecule has 0 bridgehead atoms. The Balaban J connectivity index is 2.07. The lowest BCUT2D eigenvalue weighted by atomic mass is 10.1. The summed E-state index contributed by atoms with van der Waals surface area (Å²) in [6, 6.07) is 21.3. The van der Waals surface area contributed by atoms with E-state index in [1.165, 1.54) is 24.1 Å². The minimum Gasteiger partial charge on any atom is -0.497 e. The van der Waals surface area contributed by atoms with Crippen LogP contribution in [0.25, 0.3) is 0 Å². The Bertz CT molecular complexity index is 1380. The van der Waals surface area contributed by atoms with Crippen LogP contribution < -0.4 is 14.4 Å². The second-order valence-corrected chi connectivity index (χ2v) is 11.5. The van der Waals surface area contributed by atoms with Crippen molar-refractivity contribution in [2.24, 2.45) is 0 Å². The van der Waals surface area contributed by atoms with E-state index in [0.717, 1.165) is 15.4 Å². The van der Waals surface area contributed by atoms with E-state index in [1.54, 1.807) is 42.5 Å². The van der Waals surface area contributed by atoms with E-state index in [-0.39, 0.29) is 29.1 Å². The van der Waals surface area contributed by atoms with Crippen LogP contribution in [0.15, 0.2) is 83.8 Å². The first-order valence-electron chi connectivity index (χ1n) is 12.9. The molecule has 0 saturated carbocycles. The number of nitrogens with zero attached hydrogens (tertiary/aromatic N) is 2. The Hall–Kier alpha value is -3.85. The predicted octanol–water partition coefficient (Wildman–Crippen LogP) is 4.53. The fraction of sp³-hybridized carbons (Fsp3) is 0.333. The lowest BCUT2D eigenvalue weighted by Gasteiger charge is -2.33. The van der Waals surface area contributed by atoms with Crippen LogP contribution in [0.4, 0.5) is 5.69 Å². The Labute approximate surface area is 231 Å². The zero-order valence-corrected chi connectivity index (χ0v) is 23.9. The van der Waals surface area contributed by atoms with Gasteiger partial charge in [-0.1, -0.05) is 61.0 Å². The van der Waals surface area contributed by atoms with Gasteiger partial charge in [0.2, 0.25) is 11.8 Å². The third kappa shape index (κ3) is 7.60. The predicted molar refractivity (Wildman–Crippen MR) is 153 cm³/mol. The summed E-state index contributed by atoms with van der Waals surface area (Å²) in [5.41, 5.74) is 2.14. The van der Waals surface area contributed by atoms with Crippen molar-refractivity contribution in [3.05, 3.63) is 90.0 Å². The normalized spacial score (nSPS) is 12.1. The molecule has 1 N–H and O–H groups in total. The summed E-state index contributed by atoms with van der Waals surface area (Å²) in [5.74, 6) is -0.329. The van der Waals surface area contributed by atoms with Crippen LogP contribution >= 0.6 is 0 Å². The number of aryl methyl sites for hydroxylation is 1. The van der Waals surface area contributed by atoms with Crippen LogP contribution in [0.2, 0.25) is 0 Å². The number of carbonyl (C=O) groups is 2. The molecule has 9 heteroatoms. The number of hydrogen-bond acceptors (Lipinski definition) is 5. The van der Waals surface area contributed by atoms with E-state index in [1.807, 2.05) is 52.0 Å². The van der Waals surface area contributed by atoms with Gasteiger partial charge in [-0.2, -0.15) is 0 Å². The molecule has 0 fully saturated rings. The molecule has 3 rings (SSSR count). The molecular weight excluding hydrogens is 514 g/mol. The van der Waals surface area contributed by atoms with Gasteiger partial charge in [-0.05, 0) is 57.0 Å². The maximum absolute atomic E-state index is 14.0. The quantitative estimate of drug-likeness (QED) is 0.357. The molecule has 0 aliphatic heterocycles. The highest BCUT2D eigenvalue weighted by atomic mass is 32.2. The van der Waals surface area contributed by atoms with Crippen molar-refractivity contribution in [2.75, 3.05) is 18.0 Å². The molecule has 2 amide bonds. The fourth-order valence-electron chi connectivity index (χ4n) is 4.32. The number of sulfonamides is 1. The van der Waals surface area contributed by atoms with Gasteiger partial charge in [0.25, 0.3) is 10.0 Å². The molecule has 39 heavy (non-hydrogen) atoms. The van der Waals surface area contributed by atoms with E-state index in [4.69, 9.17) is 4.74 Å². The van der Waals surface area contributed by atoms with E-state index < -0.39 is 28.5 Å². The van der Waals surface area contributed by atoms with E-state index in [9.17, 15) is 18.0 Å². The number of methoxy groups -OCH3 is 1. The lowest BCUT2D eigenvalue weighted by molar-refractivity contribution is -0.140. The Morgan fingerprint density at radius 2 is 1.64 bits per heavy atom. The van der Waals surface area contributed by atoms with Crippen LogP contribution in [0, 0.1) is 6.92 Å². The highest BCUT2D eigenvalue weighted by Crippen LogP contribution is 2.27. The van der Waals surface area contributed by atoms with Gasteiger partial charge < -0.3 is 15.0 Å². The first kappa shape index (κ1) is 29.7. The maximum Gasteiger partial charge on any atom is 0.264 e. The molecule has 3 aromatic rings. The second kappa shape index (κ2) is 13.3. The van der Waals surface area contributed by atoms with Crippen LogP contribution in [0.3, 0.4) is 0 Å². The molecule has 1 atom stereocenters. The average Bonchev–Trinajstić information content (AvgIpc) is 2.91. The summed E-state index contributed by atoms with van der Waals surface area (Å²) in [7, 11) is -2.64. The number of rotatable bonds is 12. The smallest absolute Gasteiger partial charge is 0.264 e. The van der Waals surface area contributed by atoms with Crippen molar-refractivity contribution >= 4 is 27.5 Å². The highest BCUT2D eigenvalue weighted by molar-refractivity contribution is 7.92. The number of amides is 2. The summed E-state index contributed by atoms with van der Waals surface area (Å²) in [5, 5.41) is 2.90. The lowest BCUT2D eigenvalue weighted by Crippen LogP contribution is -2.53. The molecule has 0 aliphatic carbocycles. The molecule has 0 spiro atoms. The Morgan fingerprint density at radius 3 is 2.26 bits per heavy atom. The minimum atomic E-state index is -4.13. The van der Waals surface area contributed by atoms with E-state index in [2.05, 4.69) is 5.32 Å². The number of hydrogen-bond donors (Lipinski definition) is 1. The zero-order chi connectivity index (χ0) is 28.6. The van der Waals surface area contributed by atoms with Crippen molar-refractivity contribution in [3.8, 4) is 5.75 Å². The van der Waals surface area contributed by atoms with Crippen molar-refractivity contribution in [1.29, 1.82) is 0 Å². The largest absolute Gasteiger partial charge is 0.497 e. The van der Waals surface area contributed by atoms with E-state index in [0.29, 0.717) is 12.2 Å². The number of nitrogens with one attached hydrogen (secondary N) is 1. The molecule has 0 aromatic heterocycles. The summed E-state index contributed by atoms with van der Waals surface area (Å²) >= 11 is 0. The van der Waals surface area contributed by atoms with Crippen molar-refractivity contribution in [2.45, 2.75) is 57.6 Å². The second-order valence-electron chi connectivity index (χ2n) is 9.62. The molecular formula is C30H37N3O5S. The summed E-state index contributed by atoms with van der Waals surface area (Å²) < 4.78 is 34.1. The van der Waals surface area contributed by atoms with Crippen LogP contribution in [-0.2, 0) is 26.2 Å². The summed E-state index contributed by atoms with van der Waals surface area (Å²) in [6.07, 6.45) is 0.362. The standard InChI is InChI=1S/C30H37N3O5S/c1-6-28(30(35)31-22(2)3)32(20-24-13-10-12-23(4)18-24)29(34)21-33(25-14-11-15-26(19-25)38-5)39(36,37)27-16-8-7-9-17-27/h7-19,22,28H,6,20-21H2,1-5H3,(H,31,35)/t28-/m0/s1. The first-order valence-corrected chi connectivity index (χ1v) is 14.4. The molecule has 0 radical (unpaired) electrons. The summed E-state index contributed by atoms with van der Waals surface area (Å²) in [6.45, 7) is 7.16. The molecule has 208 valence electrons. The minimum absolute atomic E-state index is 0.0513. The van der Waals surface area contributed by atoms with Gasteiger partial charge in [0.05, 0.1) is 17.7 Å². The maximum atomic E-state index is 14.0. The van der Waals surface area contributed by atoms with E-state index >= 15 is 0 Å². The zero-order valence-electron chi connectivity index (χ0n) is 23.1. The Kier molecular flexibility index (Phi) is 10.1. The van der Waals surface area contributed by atoms with Gasteiger partial charge in [0, 0.05) is 18.7 Å². The number of anilines is 1. The average molecular weight is 552 g/mol. The van der Waals surface area contributed by atoms with Crippen LogP contribution in [-0.4, -0.2) is 50.9 Å². The number of carbonyl (C=O) groups excluding carboxylic acids is 2. The van der Waals surface area contributed by atoms with Gasteiger partial charge in [0.15, 0.2) is 0 Å². The SMILES string of the molecule is CC[C@@H](C(=O)NC(C)C)N(Cc1cccc(C)c1)C(=O)CN(c1cccc(OC)c1)S(=O)(=O)c1ccccc1. The van der Waals surface area contributed by atoms with Crippen molar-refractivity contribution < 1.29 is 22.7 Å². The third-order valence-corrected chi connectivity index (χ3v) is 7.99. The van der Waals surface area contributed by atoms with Gasteiger partial charge in [-0.25, -0.2) is 8.42 Å². The van der Waals surface area contributed by atoms with Gasteiger partial charge in [0.1, 0.15) is 18.3 Å². The molecule has 0 heterocycles. The first-order chi connectivity index (χ1) is 18.6. The van der Waals surface area contributed by atoms with Crippen molar-refractivity contribution in [1.82, 2.24) is 10.2 Å². The van der Waals surface area contributed by atoms with Crippen LogP contribution in [0.5, 0.6) is 5.75 Å². The number of benzene rings is 3. The monoisotopic (exact) mass is 551 g/mol. The molecule has 0 saturated heterocycles. The number of ether oxygens (including phenoxy) is 1. The molecule has 0 aliphatic rings. The Morgan fingerprint density at radius 1 is 0.949 bits per heavy atom. The van der Waals surface area contributed by atoms with Crippen LogP contribution in [0.1, 0.15) is 38.3 Å². The molecule has 8 nitrogen and oxygen atoms in total. The van der Waals surface area contributed by atoms with Gasteiger partial charge in [-0.15, -0.1) is 0 Å². The highest BCUT2D eigenvalue weighted by Gasteiger charge is 2.34. The fourth-order valence-corrected chi connectivity index (χ4v) is 5.75. The van der Waals surface area contributed by atoms with Gasteiger partial charge >= 0.3 is 0 Å². The molecule has 0 unspecified atom stereocenters. The topological polar surface area (TPSA) is 96.0 Å². The van der Waals surface area contributed by atoms with Gasteiger partial charge in [-0.3, -0.25) is 13.9 Å².